The molecule has 1 N–H and O–H groups in total. The largest absolute Gasteiger partial charge is 0.387 e. The van der Waals surface area contributed by atoms with Crippen LogP contribution in [-0.2, 0) is 0 Å². The van der Waals surface area contributed by atoms with Crippen molar-refractivity contribution in [3.05, 3.63) is 170 Å². The second-order valence-electron chi connectivity index (χ2n) is 12.1. The van der Waals surface area contributed by atoms with Crippen LogP contribution < -0.4 is 5.32 Å². The molecular formula is C44H30N4S. The van der Waals surface area contributed by atoms with Crippen molar-refractivity contribution < 1.29 is 0 Å². The predicted molar refractivity (Wildman–Crippen MR) is 205 cm³/mol. The number of hydrogen-bond donors (Lipinski definition) is 1. The molecule has 3 heterocycles. The maximum atomic E-state index is 5.09. The molecular weight excluding hydrogens is 617 g/mol. The summed E-state index contributed by atoms with van der Waals surface area (Å²) in [5.41, 5.74) is 10.0. The van der Waals surface area contributed by atoms with Gasteiger partial charge in [0.05, 0.1) is 0 Å². The van der Waals surface area contributed by atoms with Gasteiger partial charge in [0.15, 0.2) is 17.5 Å². The van der Waals surface area contributed by atoms with Gasteiger partial charge in [0, 0.05) is 43.4 Å². The third-order valence-corrected chi connectivity index (χ3v) is 10.3. The number of nitrogens with one attached hydrogen (secondary N) is 1. The van der Waals surface area contributed by atoms with Crippen molar-refractivity contribution in [1.82, 2.24) is 20.3 Å². The van der Waals surface area contributed by atoms with E-state index in [-0.39, 0.29) is 0 Å². The van der Waals surface area contributed by atoms with Crippen LogP contribution in [0.4, 0.5) is 0 Å². The summed E-state index contributed by atoms with van der Waals surface area (Å²) >= 11 is 1.87. The first-order valence-electron chi connectivity index (χ1n) is 16.4. The van der Waals surface area contributed by atoms with Gasteiger partial charge >= 0.3 is 0 Å². The zero-order valence-electron chi connectivity index (χ0n) is 26.5. The van der Waals surface area contributed by atoms with Crippen LogP contribution in [0.25, 0.3) is 82.2 Å². The summed E-state index contributed by atoms with van der Waals surface area (Å²) < 4.78 is 2.57. The molecule has 0 aliphatic carbocycles. The van der Waals surface area contributed by atoms with Gasteiger partial charge in [-0.2, -0.15) is 0 Å². The molecule has 0 amide bonds. The minimum atomic E-state index is 0.644. The van der Waals surface area contributed by atoms with Gasteiger partial charge in [0.2, 0.25) is 0 Å². The van der Waals surface area contributed by atoms with Gasteiger partial charge in [-0.15, -0.1) is 11.3 Å². The van der Waals surface area contributed by atoms with Crippen molar-refractivity contribution in [3.8, 4) is 56.4 Å². The van der Waals surface area contributed by atoms with Crippen molar-refractivity contribution in [1.29, 1.82) is 0 Å². The fourth-order valence-electron chi connectivity index (χ4n) is 6.59. The number of rotatable bonds is 6. The summed E-state index contributed by atoms with van der Waals surface area (Å²) in [5, 5.41) is 5.94. The summed E-state index contributed by atoms with van der Waals surface area (Å²) in [6.07, 6.45) is 6.23. The summed E-state index contributed by atoms with van der Waals surface area (Å²) in [4.78, 5) is 15.1. The quantitative estimate of drug-likeness (QED) is 0.195. The van der Waals surface area contributed by atoms with Crippen LogP contribution in [-0.4, -0.2) is 21.5 Å². The van der Waals surface area contributed by atoms with E-state index in [9.17, 15) is 0 Å². The van der Waals surface area contributed by atoms with Crippen molar-refractivity contribution >= 4 is 37.1 Å². The molecule has 0 saturated carbocycles. The standard InChI is InChI=1S/C44H30N4S/c1-4-13-29(14-5-1)36-20-10-22-38-39-23-11-21-37(41(39)49-40(36)38)34-25-33(32-19-12-24-45-28-32)26-35(27-34)44-47-42(30-15-6-2-7-16-30)46-43(48-44)31-17-8-3-9-18-31/h1-27,45H,28H2. The number of allylic oxidation sites excluding steroid dienone is 2. The third-order valence-electron chi connectivity index (χ3n) is 8.99. The van der Waals surface area contributed by atoms with Crippen LogP contribution in [0.5, 0.6) is 0 Å². The third kappa shape index (κ3) is 5.50. The molecule has 0 radical (unpaired) electrons. The summed E-state index contributed by atoms with van der Waals surface area (Å²) in [6.45, 7) is 0.745. The molecule has 1 aliphatic rings. The molecule has 8 aromatic rings. The molecule has 0 atom stereocenters. The molecule has 4 nitrogen and oxygen atoms in total. The first kappa shape index (κ1) is 29.0. The average Bonchev–Trinajstić information content (AvgIpc) is 3.58. The number of fused-ring (bicyclic) bond motifs is 3. The Kier molecular flexibility index (Phi) is 7.37. The fraction of sp³-hybridized carbons (Fsp3) is 0.0227. The minimum Gasteiger partial charge on any atom is -0.387 e. The van der Waals surface area contributed by atoms with E-state index in [1.54, 1.807) is 0 Å². The molecule has 9 rings (SSSR count). The van der Waals surface area contributed by atoms with Crippen molar-refractivity contribution in [2.75, 3.05) is 6.54 Å². The molecule has 2 aromatic heterocycles. The molecule has 6 aromatic carbocycles. The Bertz CT molecular complexity index is 2480. The van der Waals surface area contributed by atoms with E-state index in [0.717, 1.165) is 34.4 Å². The summed E-state index contributed by atoms with van der Waals surface area (Å²) in [7, 11) is 0. The second kappa shape index (κ2) is 12.5. The van der Waals surface area contributed by atoms with Gasteiger partial charge < -0.3 is 5.32 Å². The Morgan fingerprint density at radius 2 is 0.939 bits per heavy atom. The van der Waals surface area contributed by atoms with Gasteiger partial charge in [0.1, 0.15) is 0 Å². The SMILES string of the molecule is C1=CNCC(c2cc(-c3nc(-c4ccccc4)nc(-c4ccccc4)n3)cc(-c3cccc4c3sc3c(-c5ccccc5)cccc34)c2)=C1. The Balaban J connectivity index is 1.27. The molecule has 0 spiro atoms. The number of dihydropyridines is 1. The smallest absolute Gasteiger partial charge is 0.164 e. The van der Waals surface area contributed by atoms with Crippen molar-refractivity contribution in [3.63, 3.8) is 0 Å². The van der Waals surface area contributed by atoms with Crippen molar-refractivity contribution in [2.45, 2.75) is 0 Å². The summed E-state index contributed by atoms with van der Waals surface area (Å²) in [6, 6.07) is 51.1. The van der Waals surface area contributed by atoms with Crippen LogP contribution in [0.15, 0.2) is 164 Å². The summed E-state index contributed by atoms with van der Waals surface area (Å²) in [5.74, 6) is 1.95. The molecule has 1 aliphatic heterocycles. The lowest BCUT2D eigenvalue weighted by Gasteiger charge is -2.16. The zero-order chi connectivity index (χ0) is 32.6. The highest BCUT2D eigenvalue weighted by atomic mass is 32.1. The number of hydrogen-bond acceptors (Lipinski definition) is 5. The highest BCUT2D eigenvalue weighted by Crippen LogP contribution is 2.44. The Morgan fingerprint density at radius 1 is 0.449 bits per heavy atom. The molecule has 232 valence electrons. The minimum absolute atomic E-state index is 0.644. The van der Waals surface area contributed by atoms with E-state index in [4.69, 9.17) is 15.0 Å². The highest BCUT2D eigenvalue weighted by Gasteiger charge is 2.18. The van der Waals surface area contributed by atoms with E-state index in [1.165, 1.54) is 42.4 Å². The Labute approximate surface area is 288 Å². The van der Waals surface area contributed by atoms with Gasteiger partial charge in [-0.05, 0) is 63.9 Å². The van der Waals surface area contributed by atoms with Crippen LogP contribution in [0, 0.1) is 0 Å². The van der Waals surface area contributed by atoms with Crippen LogP contribution in [0.1, 0.15) is 5.56 Å². The number of benzene rings is 6. The number of aromatic nitrogens is 3. The molecule has 0 bridgehead atoms. The van der Waals surface area contributed by atoms with Crippen molar-refractivity contribution in [2.24, 2.45) is 0 Å². The topological polar surface area (TPSA) is 50.7 Å². The van der Waals surface area contributed by atoms with Crippen LogP contribution >= 0.6 is 11.3 Å². The molecule has 0 fully saturated rings. The lowest BCUT2D eigenvalue weighted by atomic mass is 9.94. The predicted octanol–water partition coefficient (Wildman–Crippen LogP) is 11.1. The van der Waals surface area contributed by atoms with E-state index < -0.39 is 0 Å². The van der Waals surface area contributed by atoms with Gasteiger partial charge in [-0.1, -0.05) is 133 Å². The van der Waals surface area contributed by atoms with Crippen LogP contribution in [0.3, 0.4) is 0 Å². The first-order valence-corrected chi connectivity index (χ1v) is 17.2. The lowest BCUT2D eigenvalue weighted by Crippen LogP contribution is -2.12. The second-order valence-corrected chi connectivity index (χ2v) is 13.1. The normalized spacial score (nSPS) is 12.6. The van der Waals surface area contributed by atoms with Crippen LogP contribution in [0.2, 0.25) is 0 Å². The van der Waals surface area contributed by atoms with Gasteiger partial charge in [0.25, 0.3) is 0 Å². The van der Waals surface area contributed by atoms with Gasteiger partial charge in [-0.25, -0.2) is 15.0 Å². The zero-order valence-corrected chi connectivity index (χ0v) is 27.4. The maximum absolute atomic E-state index is 5.09. The lowest BCUT2D eigenvalue weighted by molar-refractivity contribution is 0.986. The Morgan fingerprint density at radius 3 is 1.49 bits per heavy atom. The van der Waals surface area contributed by atoms with E-state index in [1.807, 2.05) is 78.2 Å². The monoisotopic (exact) mass is 646 g/mol. The van der Waals surface area contributed by atoms with E-state index in [0.29, 0.717) is 17.5 Å². The average molecular weight is 647 g/mol. The molecule has 5 heteroatoms. The van der Waals surface area contributed by atoms with E-state index >= 15 is 0 Å². The first-order chi connectivity index (χ1) is 24.3. The number of thiophene rings is 1. The highest BCUT2D eigenvalue weighted by molar-refractivity contribution is 7.26. The number of nitrogens with zero attached hydrogens (tertiary/aromatic N) is 3. The molecule has 0 saturated heterocycles. The molecule has 0 unspecified atom stereocenters. The fourth-order valence-corrected chi connectivity index (χ4v) is 7.96. The Hall–Kier alpha value is -6.17. The maximum Gasteiger partial charge on any atom is 0.164 e. The molecule has 49 heavy (non-hydrogen) atoms. The van der Waals surface area contributed by atoms with E-state index in [2.05, 4.69) is 102 Å². The van der Waals surface area contributed by atoms with Gasteiger partial charge in [-0.3, -0.25) is 0 Å².